The Morgan fingerprint density at radius 1 is 1.27 bits per heavy atom. The molecule has 4 rings (SSSR count). The molecule has 3 aromatic heterocycles. The average molecular weight is 422 g/mol. The van der Waals surface area contributed by atoms with Crippen molar-refractivity contribution in [2.24, 2.45) is 5.92 Å². The van der Waals surface area contributed by atoms with Crippen molar-refractivity contribution < 1.29 is 13.2 Å². The van der Waals surface area contributed by atoms with E-state index in [4.69, 9.17) is 5.26 Å². The zero-order valence-electron chi connectivity index (χ0n) is 16.3. The first-order chi connectivity index (χ1) is 14.3. The summed E-state index contributed by atoms with van der Waals surface area (Å²) >= 11 is 0. The van der Waals surface area contributed by atoms with Gasteiger partial charge in [-0.15, -0.1) is 0 Å². The van der Waals surface area contributed by atoms with Crippen molar-refractivity contribution in [3.8, 4) is 28.7 Å². The Hall–Kier alpha value is -3.58. The van der Waals surface area contributed by atoms with Gasteiger partial charge in [-0.1, -0.05) is 0 Å². The number of amides is 1. The normalized spacial score (nSPS) is 14.2. The SMILES string of the molecule is Cc1[nH]c(-c2cc(-c3cncc(S(C)(=O)=O)c3)ccn2)nc1C(=O)N1CC(C#N)C1. The molecular weight excluding hydrogens is 404 g/mol. The van der Waals surface area contributed by atoms with Crippen LogP contribution < -0.4 is 0 Å². The lowest BCUT2D eigenvalue weighted by Crippen LogP contribution is -2.49. The highest BCUT2D eigenvalue weighted by Crippen LogP contribution is 2.26. The Labute approximate surface area is 173 Å². The summed E-state index contributed by atoms with van der Waals surface area (Å²) < 4.78 is 23.6. The number of likely N-dealkylation sites (tertiary alicyclic amines) is 1. The summed E-state index contributed by atoms with van der Waals surface area (Å²) in [5.41, 5.74) is 2.78. The number of H-pyrrole nitrogens is 1. The molecule has 1 aliphatic rings. The van der Waals surface area contributed by atoms with Crippen LogP contribution in [0.2, 0.25) is 0 Å². The zero-order chi connectivity index (χ0) is 21.5. The first-order valence-corrected chi connectivity index (χ1v) is 11.0. The summed E-state index contributed by atoms with van der Waals surface area (Å²) in [6, 6.07) is 7.20. The lowest BCUT2D eigenvalue weighted by Gasteiger charge is -2.34. The summed E-state index contributed by atoms with van der Waals surface area (Å²) in [6.45, 7) is 2.58. The van der Waals surface area contributed by atoms with Crippen LogP contribution in [0.3, 0.4) is 0 Å². The minimum Gasteiger partial charge on any atom is -0.340 e. The standard InChI is InChI=1S/C20H18N6O3S/c1-12-18(20(27)26-10-13(7-21)11-26)25-19(24-12)17-6-14(3-4-23-17)15-5-16(9-22-8-15)30(2,28)29/h3-6,8-9,13H,10-11H2,1-2H3,(H,24,25). The van der Waals surface area contributed by atoms with Crippen molar-refractivity contribution in [1.82, 2.24) is 24.8 Å². The minimum absolute atomic E-state index is 0.123. The maximum Gasteiger partial charge on any atom is 0.274 e. The second-order valence-electron chi connectivity index (χ2n) is 7.21. The number of aromatic amines is 1. The van der Waals surface area contributed by atoms with Gasteiger partial charge in [0.25, 0.3) is 5.91 Å². The number of nitrogens with zero attached hydrogens (tertiary/aromatic N) is 5. The van der Waals surface area contributed by atoms with Gasteiger partial charge < -0.3 is 9.88 Å². The first-order valence-electron chi connectivity index (χ1n) is 9.13. The van der Waals surface area contributed by atoms with E-state index in [1.165, 1.54) is 6.20 Å². The molecule has 0 atom stereocenters. The van der Waals surface area contributed by atoms with Crippen molar-refractivity contribution in [3.05, 3.63) is 48.2 Å². The van der Waals surface area contributed by atoms with Gasteiger partial charge in [0.15, 0.2) is 15.7 Å². The van der Waals surface area contributed by atoms with E-state index in [9.17, 15) is 13.2 Å². The van der Waals surface area contributed by atoms with Crippen LogP contribution in [-0.2, 0) is 9.84 Å². The Morgan fingerprint density at radius 2 is 2.03 bits per heavy atom. The van der Waals surface area contributed by atoms with Gasteiger partial charge in [0.2, 0.25) is 0 Å². The number of aromatic nitrogens is 4. The van der Waals surface area contributed by atoms with Crippen LogP contribution in [0.15, 0.2) is 41.7 Å². The highest BCUT2D eigenvalue weighted by Gasteiger charge is 2.33. The molecule has 1 N–H and O–H groups in total. The number of sulfone groups is 1. The van der Waals surface area contributed by atoms with Gasteiger partial charge in [-0.25, -0.2) is 13.4 Å². The molecule has 0 radical (unpaired) electrons. The predicted molar refractivity (Wildman–Crippen MR) is 108 cm³/mol. The predicted octanol–water partition coefficient (Wildman–Crippen LogP) is 1.84. The van der Waals surface area contributed by atoms with Gasteiger partial charge in [-0.05, 0) is 30.7 Å². The molecule has 30 heavy (non-hydrogen) atoms. The first kappa shape index (κ1) is 19.7. The van der Waals surface area contributed by atoms with E-state index in [-0.39, 0.29) is 16.7 Å². The third-order valence-corrected chi connectivity index (χ3v) is 6.00. The number of carbonyl (C=O) groups excluding carboxylic acids is 1. The molecule has 9 nitrogen and oxygen atoms in total. The second kappa shape index (κ2) is 7.35. The third-order valence-electron chi connectivity index (χ3n) is 4.92. The maximum absolute atomic E-state index is 12.6. The molecule has 0 unspecified atom stereocenters. The molecule has 1 amide bonds. The number of nitriles is 1. The topological polar surface area (TPSA) is 133 Å². The summed E-state index contributed by atoms with van der Waals surface area (Å²) in [6.07, 6.45) is 5.60. The number of rotatable bonds is 4. The third kappa shape index (κ3) is 3.67. The number of hydrogen-bond acceptors (Lipinski definition) is 7. The molecule has 3 aromatic rings. The molecule has 1 saturated heterocycles. The Morgan fingerprint density at radius 3 is 2.73 bits per heavy atom. The highest BCUT2D eigenvalue weighted by molar-refractivity contribution is 7.90. The lowest BCUT2D eigenvalue weighted by atomic mass is 10.0. The molecule has 1 aliphatic heterocycles. The number of aryl methyl sites for hydroxylation is 1. The molecular formula is C20H18N6O3S. The van der Waals surface area contributed by atoms with E-state index in [1.807, 2.05) is 0 Å². The van der Waals surface area contributed by atoms with Crippen molar-refractivity contribution in [1.29, 1.82) is 5.26 Å². The largest absolute Gasteiger partial charge is 0.340 e. The van der Waals surface area contributed by atoms with Crippen LogP contribution in [0.4, 0.5) is 0 Å². The fourth-order valence-electron chi connectivity index (χ4n) is 3.18. The molecule has 0 aromatic carbocycles. The average Bonchev–Trinajstić information content (AvgIpc) is 3.08. The second-order valence-corrected chi connectivity index (χ2v) is 9.22. The van der Waals surface area contributed by atoms with Crippen LogP contribution in [0, 0.1) is 24.2 Å². The minimum atomic E-state index is -3.38. The van der Waals surface area contributed by atoms with E-state index < -0.39 is 9.84 Å². The van der Waals surface area contributed by atoms with Crippen molar-refractivity contribution in [2.45, 2.75) is 11.8 Å². The van der Waals surface area contributed by atoms with Crippen LogP contribution >= 0.6 is 0 Å². The number of imidazole rings is 1. The van der Waals surface area contributed by atoms with E-state index in [1.54, 1.807) is 42.4 Å². The summed E-state index contributed by atoms with van der Waals surface area (Å²) in [5.74, 6) is 0.0901. The van der Waals surface area contributed by atoms with Crippen LogP contribution in [0.25, 0.3) is 22.6 Å². The zero-order valence-corrected chi connectivity index (χ0v) is 17.1. The van der Waals surface area contributed by atoms with E-state index in [0.29, 0.717) is 41.6 Å². The summed E-state index contributed by atoms with van der Waals surface area (Å²) in [7, 11) is -3.38. The number of pyridine rings is 2. The smallest absolute Gasteiger partial charge is 0.274 e. The molecule has 0 bridgehead atoms. The maximum atomic E-state index is 12.6. The Bertz CT molecular complexity index is 1290. The number of carbonyl (C=O) groups is 1. The van der Waals surface area contributed by atoms with E-state index in [2.05, 4.69) is 26.0 Å². The summed E-state index contributed by atoms with van der Waals surface area (Å²) in [4.78, 5) is 30.2. The fraction of sp³-hybridized carbons (Fsp3) is 0.250. The molecule has 1 fully saturated rings. The van der Waals surface area contributed by atoms with Gasteiger partial charge in [-0.2, -0.15) is 5.26 Å². The van der Waals surface area contributed by atoms with Gasteiger partial charge in [0.05, 0.1) is 16.9 Å². The number of nitrogens with one attached hydrogen (secondary N) is 1. The molecule has 152 valence electrons. The van der Waals surface area contributed by atoms with E-state index >= 15 is 0 Å². The fourth-order valence-corrected chi connectivity index (χ4v) is 3.78. The van der Waals surface area contributed by atoms with Crippen LogP contribution in [0.5, 0.6) is 0 Å². The van der Waals surface area contributed by atoms with Crippen molar-refractivity contribution in [2.75, 3.05) is 19.3 Å². The van der Waals surface area contributed by atoms with Crippen LogP contribution in [0.1, 0.15) is 16.2 Å². The van der Waals surface area contributed by atoms with Crippen molar-refractivity contribution in [3.63, 3.8) is 0 Å². The lowest BCUT2D eigenvalue weighted by molar-refractivity contribution is 0.0571. The molecule has 0 spiro atoms. The monoisotopic (exact) mass is 422 g/mol. The van der Waals surface area contributed by atoms with Gasteiger partial charge in [-0.3, -0.25) is 14.8 Å². The molecule has 10 heteroatoms. The van der Waals surface area contributed by atoms with Crippen molar-refractivity contribution >= 4 is 15.7 Å². The molecule has 4 heterocycles. The van der Waals surface area contributed by atoms with Crippen LogP contribution in [-0.4, -0.2) is 58.5 Å². The van der Waals surface area contributed by atoms with Gasteiger partial charge in [0, 0.05) is 49.2 Å². The summed E-state index contributed by atoms with van der Waals surface area (Å²) in [5, 5.41) is 8.89. The Kier molecular flexibility index (Phi) is 4.83. The Balaban J connectivity index is 1.64. The molecule has 0 saturated carbocycles. The van der Waals surface area contributed by atoms with Gasteiger partial charge >= 0.3 is 0 Å². The quantitative estimate of drug-likeness (QED) is 0.678. The number of hydrogen-bond donors (Lipinski definition) is 1. The molecule has 0 aliphatic carbocycles. The highest BCUT2D eigenvalue weighted by atomic mass is 32.2. The van der Waals surface area contributed by atoms with E-state index in [0.717, 1.165) is 11.8 Å². The van der Waals surface area contributed by atoms with Gasteiger partial charge in [0.1, 0.15) is 11.4 Å².